The molecule has 0 radical (unpaired) electrons. The largest absolute Gasteiger partial charge is 0.441 e. The van der Waals surface area contributed by atoms with Crippen LogP contribution in [0.1, 0.15) is 101 Å². The van der Waals surface area contributed by atoms with Crippen molar-refractivity contribution in [2.75, 3.05) is 50.3 Å². The van der Waals surface area contributed by atoms with Crippen molar-refractivity contribution < 1.29 is 128 Å². The second kappa shape index (κ2) is 39.2. The maximum Gasteiger partial charge on any atom is 0.404 e. The highest BCUT2D eigenvalue weighted by Crippen LogP contribution is 2.36. The van der Waals surface area contributed by atoms with Crippen molar-refractivity contribution in [1.29, 1.82) is 0 Å². The first-order chi connectivity index (χ1) is 50.4. The molecule has 3 aliphatic heterocycles. The zero-order valence-corrected chi connectivity index (χ0v) is 60.8. The molecule has 44 nitrogen and oxygen atoms in total. The number of hydrogen-bond donors (Lipinski definition) is 24. The first-order valence-corrected chi connectivity index (χ1v) is 37.0. The number of aromatic nitrogens is 6. The number of hydrogen-bond acceptors (Lipinski definition) is 37. The van der Waals surface area contributed by atoms with Gasteiger partial charge in [0.05, 0.1) is 92.8 Å². The number of aliphatic hydroxyl groups excluding tert-OH is 11. The zero-order valence-electron chi connectivity index (χ0n) is 58.4. The van der Waals surface area contributed by atoms with E-state index in [1.165, 1.54) is 24.6 Å². The quantitative estimate of drug-likeness (QED) is 0.0113. The van der Waals surface area contributed by atoms with E-state index in [1.807, 2.05) is 0 Å². The fraction of sp³-hybridized carbons (Fsp3) is 0.650. The summed E-state index contributed by atoms with van der Waals surface area (Å²) in [6, 6.07) is -9.64. The molecule has 107 heavy (non-hydrogen) atoms. The number of carbonyl (C=O) groups excluding carboxylic acids is 8. The van der Waals surface area contributed by atoms with Crippen LogP contribution in [0.3, 0.4) is 0 Å². The number of aliphatic hydroxyl groups is 11. The molecule has 0 spiro atoms. The number of rotatable bonds is 37. The molecule has 3 saturated heterocycles. The molecule has 0 aromatic carbocycles. The number of nitrogen functional groups attached to an aromatic ring is 1. The van der Waals surface area contributed by atoms with Crippen molar-refractivity contribution in [2.24, 2.45) is 28.7 Å². The molecule has 0 saturated carbocycles. The predicted octanol–water partition coefficient (Wildman–Crippen LogP) is -10.3. The minimum absolute atomic E-state index is 0.102. The lowest BCUT2D eigenvalue weighted by Gasteiger charge is -2.47. The zero-order chi connectivity index (χ0) is 79.2. The smallest absolute Gasteiger partial charge is 0.404 e. The second-order valence-corrected chi connectivity index (χ2v) is 29.7. The SMILES string of the molecule is Cc1c(N)nc([C@H](CC(N)=O)NC[C@H](N)C(N)=O)nc1C(=O)N[C@H](C(=O)N[C@H](C)[C@@H](O)CC(=O)N[C@H](C(=O)NC(O[C@@H]1O[C@@H](C)[C@@H](N)[C@@H](O)[C@H]1O)C(O)c1nc(-c2nc(C(=O)NCCC[S+](C)C)cs2)cs1)[C@@H](C)O)[C@H](O[C@@H]1O[C@@H](CO)[C@@H](O)[C@H](O)[C@@H]1O[C@H]1O[C@H](CO)[C@@H](O)[C@H](OC(N)=O)[C@@H]1O)c1cnc[nH]1. The fourth-order valence-electron chi connectivity index (χ4n) is 11.0. The average Bonchev–Trinajstić information content (AvgIpc) is 1.31. The second-order valence-electron chi connectivity index (χ2n) is 25.6. The highest BCUT2D eigenvalue weighted by atomic mass is 32.2. The third kappa shape index (κ3) is 22.6. The summed E-state index contributed by atoms with van der Waals surface area (Å²) in [5.74, 6) is -7.32. The Bertz CT molecular complexity index is 3650. The van der Waals surface area contributed by atoms with E-state index in [-0.39, 0.29) is 43.6 Å². The Hall–Kier alpha value is -7.54. The molecule has 4 aromatic heterocycles. The summed E-state index contributed by atoms with van der Waals surface area (Å²) in [5, 5.41) is 140. The molecule has 7 heterocycles. The predicted molar refractivity (Wildman–Crippen MR) is 370 cm³/mol. The molecule has 0 bridgehead atoms. The van der Waals surface area contributed by atoms with Crippen LogP contribution in [-0.2, 0) is 68.0 Å². The number of nitrogens with one attached hydrogen (secondary N) is 7. The van der Waals surface area contributed by atoms with Crippen LogP contribution in [0.25, 0.3) is 10.7 Å². The van der Waals surface area contributed by atoms with Gasteiger partial charge in [0.1, 0.15) is 118 Å². The van der Waals surface area contributed by atoms with Crippen LogP contribution in [0.2, 0.25) is 0 Å². The Labute approximate surface area is 620 Å². The highest BCUT2D eigenvalue weighted by molar-refractivity contribution is 7.95. The maximum atomic E-state index is 15.3. The van der Waals surface area contributed by atoms with Crippen molar-refractivity contribution in [3.63, 3.8) is 0 Å². The summed E-state index contributed by atoms with van der Waals surface area (Å²) in [5.41, 5.74) is 33.5. The number of nitrogens with two attached hydrogens (primary N) is 6. The van der Waals surface area contributed by atoms with Crippen molar-refractivity contribution in [1.82, 2.24) is 61.8 Å². The molecular weight excluding hydrogens is 1480 g/mol. The summed E-state index contributed by atoms with van der Waals surface area (Å²) >= 11 is 1.92. The van der Waals surface area contributed by atoms with Gasteiger partial charge in [-0.25, -0.2) is 29.7 Å². The lowest BCUT2D eigenvalue weighted by atomic mass is 9.97. The molecule has 4 aromatic rings. The lowest BCUT2D eigenvalue weighted by Crippen LogP contribution is -2.65. The van der Waals surface area contributed by atoms with E-state index in [4.69, 9.17) is 67.6 Å². The summed E-state index contributed by atoms with van der Waals surface area (Å²) in [7, 11) is 0.176. The number of carbonyl (C=O) groups is 8. The van der Waals surface area contributed by atoms with Crippen LogP contribution in [0, 0.1) is 6.92 Å². The highest BCUT2D eigenvalue weighted by Gasteiger charge is 2.54. The summed E-state index contributed by atoms with van der Waals surface area (Å²) in [4.78, 5) is 132. The minimum atomic E-state index is -2.26. The normalized spacial score (nSPS) is 27.4. The van der Waals surface area contributed by atoms with Crippen LogP contribution in [0.4, 0.5) is 10.6 Å². The van der Waals surface area contributed by atoms with Crippen molar-refractivity contribution in [3.8, 4) is 10.7 Å². The van der Waals surface area contributed by atoms with Gasteiger partial charge < -0.3 is 161 Å². The van der Waals surface area contributed by atoms with Gasteiger partial charge in [0, 0.05) is 42.3 Å². The van der Waals surface area contributed by atoms with E-state index in [2.05, 4.69) is 74.3 Å². The Morgan fingerprint density at radius 1 is 0.748 bits per heavy atom. The van der Waals surface area contributed by atoms with Gasteiger partial charge in [-0.1, -0.05) is 0 Å². The van der Waals surface area contributed by atoms with Gasteiger partial charge in [0.25, 0.3) is 11.8 Å². The Balaban J connectivity index is 1.18. The number of amides is 8. The maximum absolute atomic E-state index is 15.3. The number of anilines is 1. The number of nitrogens with zero attached hydrogens (tertiary/aromatic N) is 5. The first-order valence-electron chi connectivity index (χ1n) is 33.1. The minimum Gasteiger partial charge on any atom is -0.441 e. The van der Waals surface area contributed by atoms with Crippen molar-refractivity contribution >= 4 is 86.8 Å². The number of thiazole rings is 2. The molecule has 0 aliphatic carbocycles. The molecule has 30 N–H and O–H groups in total. The Kier molecular flexibility index (Phi) is 31.8. The first kappa shape index (κ1) is 86.7. The lowest BCUT2D eigenvalue weighted by molar-refractivity contribution is -0.372. The van der Waals surface area contributed by atoms with Gasteiger partial charge in [0.15, 0.2) is 37.3 Å². The third-order valence-corrected chi connectivity index (χ3v) is 20.1. The van der Waals surface area contributed by atoms with Gasteiger partial charge in [-0.2, -0.15) is 0 Å². The fourth-order valence-corrected chi connectivity index (χ4v) is 13.4. The van der Waals surface area contributed by atoms with Crippen LogP contribution in [0.15, 0.2) is 23.3 Å². The van der Waals surface area contributed by atoms with E-state index in [0.29, 0.717) is 6.54 Å². The molecule has 3 fully saturated rings. The molecular formula is C60H93N18O26S3+. The van der Waals surface area contributed by atoms with E-state index in [9.17, 15) is 89.7 Å². The molecule has 25 atom stereocenters. The Morgan fingerprint density at radius 3 is 2.05 bits per heavy atom. The summed E-state index contributed by atoms with van der Waals surface area (Å²) in [6.45, 7) is 2.91. The van der Waals surface area contributed by atoms with Gasteiger partial charge in [-0.15, -0.1) is 22.7 Å². The van der Waals surface area contributed by atoms with E-state index < -0.39 is 250 Å². The number of ether oxygens (including phenoxy) is 7. The Morgan fingerprint density at radius 2 is 1.42 bits per heavy atom. The van der Waals surface area contributed by atoms with Crippen molar-refractivity contribution in [2.45, 2.75) is 200 Å². The molecule has 3 aliphatic rings. The van der Waals surface area contributed by atoms with E-state index in [0.717, 1.165) is 61.2 Å². The topological polar surface area (TPSA) is 732 Å². The van der Waals surface area contributed by atoms with Crippen LogP contribution >= 0.6 is 22.7 Å². The van der Waals surface area contributed by atoms with Crippen LogP contribution < -0.4 is 66.3 Å². The number of H-pyrrole nitrogens is 1. The van der Waals surface area contributed by atoms with Gasteiger partial charge in [-0.05, 0) is 38.6 Å². The van der Waals surface area contributed by atoms with E-state index in [1.54, 1.807) is 0 Å². The van der Waals surface area contributed by atoms with Gasteiger partial charge in [-0.3, -0.25) is 33.6 Å². The molecule has 7 rings (SSSR count). The summed E-state index contributed by atoms with van der Waals surface area (Å²) in [6.07, 6.45) is -32.7. The third-order valence-electron chi connectivity index (χ3n) is 17.2. The average molecular weight is 1580 g/mol. The molecule has 47 heteroatoms. The molecule has 2 unspecified atom stereocenters. The number of primary amides is 3. The van der Waals surface area contributed by atoms with Crippen LogP contribution in [0.5, 0.6) is 0 Å². The van der Waals surface area contributed by atoms with E-state index >= 15 is 4.79 Å². The van der Waals surface area contributed by atoms with Gasteiger partial charge in [0.2, 0.25) is 29.5 Å². The van der Waals surface area contributed by atoms with Gasteiger partial charge >= 0.3 is 6.09 Å². The number of imidazole rings is 1. The standard InChI is InChI=1S/C60H92N18O26S3/c1-19-34(75-49(77-47(19)64)24(10-31(62)83)69-12-23(61)48(65)92)51(94)76-36(44(25-13-67-18-70-25)101-59-46(40(88)37(85)29(14-79)100-59)102-58-42(90)45(103-60(66)97)38(86)30(15-80)99-58)53(96)71-20(2)28(82)11-32(84)74-35(21(3)81)52(95)78-54(104-57-41(89)39(87)33(63)22(4)98-57)43(91)56-73-27(17-106-56)55-72-26(16-105-55)50(93)68-8-7-9-107(5)6/h13,16-18,20-24,28-30,33,35-46,54,57-59,69,79-82,85-91H,7-12,14-15,61,63H2,1-6H3,(H13-,62,64,65,66,67,68,70,71,74,75,76,77,78,83,84,92,93,94,95,96,97)/p+1/t20-,21-,22+,23+,24+,28+,29+,30-,33-,35+,36+,37-,38-,39-,40+,41-,42+,43?,44-,45+,46+,54?,57+,58-,59+/m1/s1. The van der Waals surface area contributed by atoms with Crippen molar-refractivity contribution in [3.05, 3.63) is 56.8 Å². The monoisotopic (exact) mass is 1580 g/mol. The molecule has 596 valence electrons. The molecule has 8 amide bonds. The van der Waals surface area contributed by atoms with Crippen LogP contribution in [-0.4, -0.2) is 313 Å². The number of aromatic amines is 1. The summed E-state index contributed by atoms with van der Waals surface area (Å²) < 4.78 is 40.4.